The highest BCUT2D eigenvalue weighted by Crippen LogP contribution is 2.30. The van der Waals surface area contributed by atoms with Crippen molar-refractivity contribution in [3.63, 3.8) is 0 Å². The highest BCUT2D eigenvalue weighted by molar-refractivity contribution is 5.88. The van der Waals surface area contributed by atoms with Crippen LogP contribution in [0.5, 0.6) is 0 Å². The van der Waals surface area contributed by atoms with Crippen LogP contribution in [0.25, 0.3) is 22.6 Å². The number of aromatic nitrogens is 3. The van der Waals surface area contributed by atoms with E-state index in [1.54, 1.807) is 0 Å². The Labute approximate surface area is 148 Å². The molecule has 0 amide bonds. The van der Waals surface area contributed by atoms with Crippen molar-refractivity contribution >= 4 is 16.9 Å². The first-order chi connectivity index (χ1) is 12.0. The maximum Gasteiger partial charge on any atom is 0.180 e. The van der Waals surface area contributed by atoms with E-state index in [2.05, 4.69) is 71.3 Å². The second-order valence-corrected chi connectivity index (χ2v) is 7.68. The Kier molecular flexibility index (Phi) is 3.96. The summed E-state index contributed by atoms with van der Waals surface area (Å²) in [5.74, 6) is 0.885. The third-order valence-corrected chi connectivity index (χ3v) is 4.83. The van der Waals surface area contributed by atoms with Crippen molar-refractivity contribution in [3.05, 3.63) is 42.1 Å². The van der Waals surface area contributed by atoms with Gasteiger partial charge in [-0.2, -0.15) is 0 Å². The highest BCUT2D eigenvalue weighted by Gasteiger charge is 2.18. The van der Waals surface area contributed by atoms with Crippen LogP contribution in [0.1, 0.15) is 26.3 Å². The smallest absolute Gasteiger partial charge is 0.180 e. The molecule has 5 heteroatoms. The number of nitrogens with one attached hydrogen (secondary N) is 2. The SMILES string of the molecule is CC(C)(C)c1cccc(-c2nc3nccc(N4CCNCC4)c3[nH]2)c1. The molecule has 1 fully saturated rings. The zero-order valence-corrected chi connectivity index (χ0v) is 15.1. The summed E-state index contributed by atoms with van der Waals surface area (Å²) < 4.78 is 0. The summed E-state index contributed by atoms with van der Waals surface area (Å²) in [6.45, 7) is 10.7. The molecule has 1 aliphatic rings. The molecule has 0 radical (unpaired) electrons. The Morgan fingerprint density at radius 2 is 1.88 bits per heavy atom. The van der Waals surface area contributed by atoms with E-state index in [0.717, 1.165) is 48.7 Å². The van der Waals surface area contributed by atoms with Crippen LogP contribution in [0.15, 0.2) is 36.5 Å². The van der Waals surface area contributed by atoms with E-state index in [9.17, 15) is 0 Å². The van der Waals surface area contributed by atoms with Crippen molar-refractivity contribution < 1.29 is 0 Å². The van der Waals surface area contributed by atoms with Gasteiger partial charge < -0.3 is 15.2 Å². The minimum absolute atomic E-state index is 0.117. The van der Waals surface area contributed by atoms with E-state index in [0.29, 0.717) is 0 Å². The fraction of sp³-hybridized carbons (Fsp3) is 0.400. The van der Waals surface area contributed by atoms with Crippen molar-refractivity contribution in [1.29, 1.82) is 0 Å². The Morgan fingerprint density at radius 1 is 1.08 bits per heavy atom. The molecule has 1 aromatic carbocycles. The van der Waals surface area contributed by atoms with Crippen LogP contribution < -0.4 is 10.2 Å². The molecule has 3 heterocycles. The van der Waals surface area contributed by atoms with Crippen molar-refractivity contribution in [2.45, 2.75) is 26.2 Å². The van der Waals surface area contributed by atoms with Gasteiger partial charge in [-0.25, -0.2) is 9.97 Å². The van der Waals surface area contributed by atoms with E-state index in [-0.39, 0.29) is 5.41 Å². The van der Waals surface area contributed by atoms with Crippen molar-refractivity contribution in [2.75, 3.05) is 31.1 Å². The number of hydrogen-bond acceptors (Lipinski definition) is 4. The fourth-order valence-electron chi connectivity index (χ4n) is 3.34. The van der Waals surface area contributed by atoms with E-state index in [1.165, 1.54) is 11.3 Å². The van der Waals surface area contributed by atoms with E-state index in [4.69, 9.17) is 4.98 Å². The van der Waals surface area contributed by atoms with Gasteiger partial charge in [0.1, 0.15) is 11.3 Å². The Hall–Kier alpha value is -2.40. The normalized spacial score (nSPS) is 15.7. The van der Waals surface area contributed by atoms with Crippen LogP contribution >= 0.6 is 0 Å². The molecule has 3 aromatic rings. The van der Waals surface area contributed by atoms with Gasteiger partial charge >= 0.3 is 0 Å². The number of nitrogens with zero attached hydrogens (tertiary/aromatic N) is 3. The molecule has 4 rings (SSSR count). The lowest BCUT2D eigenvalue weighted by Gasteiger charge is -2.29. The largest absolute Gasteiger partial charge is 0.367 e. The maximum atomic E-state index is 4.75. The summed E-state index contributed by atoms with van der Waals surface area (Å²) in [5, 5.41) is 3.40. The maximum absolute atomic E-state index is 4.75. The van der Waals surface area contributed by atoms with Crippen LogP contribution in [0.4, 0.5) is 5.69 Å². The third-order valence-electron chi connectivity index (χ3n) is 4.83. The molecule has 0 aliphatic carbocycles. The number of benzene rings is 1. The molecule has 0 unspecified atom stereocenters. The number of hydrogen-bond donors (Lipinski definition) is 2. The third kappa shape index (κ3) is 3.12. The molecule has 25 heavy (non-hydrogen) atoms. The summed E-state index contributed by atoms with van der Waals surface area (Å²) in [7, 11) is 0. The van der Waals surface area contributed by atoms with Gasteiger partial charge in [-0.3, -0.25) is 0 Å². The predicted molar refractivity (Wildman–Crippen MR) is 103 cm³/mol. The fourth-order valence-corrected chi connectivity index (χ4v) is 3.34. The number of pyridine rings is 1. The molecule has 0 bridgehead atoms. The van der Waals surface area contributed by atoms with Crippen molar-refractivity contribution in [2.24, 2.45) is 0 Å². The molecular weight excluding hydrogens is 310 g/mol. The van der Waals surface area contributed by atoms with Gasteiger partial charge in [0.15, 0.2) is 5.65 Å². The molecule has 1 saturated heterocycles. The average molecular weight is 335 g/mol. The van der Waals surface area contributed by atoms with Gasteiger partial charge in [-0.1, -0.05) is 39.0 Å². The lowest BCUT2D eigenvalue weighted by atomic mass is 9.86. The summed E-state index contributed by atoms with van der Waals surface area (Å²) in [4.78, 5) is 15.1. The van der Waals surface area contributed by atoms with Crippen LogP contribution in [-0.4, -0.2) is 41.1 Å². The van der Waals surface area contributed by atoms with Gasteiger partial charge in [0, 0.05) is 37.9 Å². The second kappa shape index (κ2) is 6.15. The minimum Gasteiger partial charge on any atom is -0.367 e. The first kappa shape index (κ1) is 16.1. The van der Waals surface area contributed by atoms with Gasteiger partial charge in [-0.05, 0) is 23.1 Å². The van der Waals surface area contributed by atoms with Gasteiger partial charge in [0.2, 0.25) is 0 Å². The standard InChI is InChI=1S/C20H25N5/c1-20(2,3)15-6-4-5-14(13-15)18-23-17-16(7-8-22-19(17)24-18)25-11-9-21-10-12-25/h4-8,13,21H,9-12H2,1-3H3,(H,22,23,24). The van der Waals surface area contributed by atoms with E-state index in [1.807, 2.05) is 6.20 Å². The molecular formula is C20H25N5. The van der Waals surface area contributed by atoms with Gasteiger partial charge in [0.05, 0.1) is 5.69 Å². The molecule has 2 aromatic heterocycles. The molecule has 0 spiro atoms. The number of anilines is 1. The number of rotatable bonds is 2. The average Bonchev–Trinajstić information content (AvgIpc) is 3.06. The number of H-pyrrole nitrogens is 1. The topological polar surface area (TPSA) is 56.8 Å². The first-order valence-corrected chi connectivity index (χ1v) is 8.94. The minimum atomic E-state index is 0.117. The molecule has 0 atom stereocenters. The van der Waals surface area contributed by atoms with Crippen LogP contribution in [0.3, 0.4) is 0 Å². The summed E-state index contributed by atoms with van der Waals surface area (Å²) >= 11 is 0. The Bertz CT molecular complexity index is 884. The van der Waals surface area contributed by atoms with Gasteiger partial charge in [-0.15, -0.1) is 0 Å². The monoisotopic (exact) mass is 335 g/mol. The molecule has 5 nitrogen and oxygen atoms in total. The predicted octanol–water partition coefficient (Wildman–Crippen LogP) is 3.33. The second-order valence-electron chi connectivity index (χ2n) is 7.68. The molecule has 1 aliphatic heterocycles. The summed E-state index contributed by atoms with van der Waals surface area (Å²) in [5.41, 5.74) is 5.54. The number of aromatic amines is 1. The quantitative estimate of drug-likeness (QED) is 0.754. The van der Waals surface area contributed by atoms with Crippen LogP contribution in [0.2, 0.25) is 0 Å². The molecule has 130 valence electrons. The van der Waals surface area contributed by atoms with E-state index >= 15 is 0 Å². The number of piperazine rings is 1. The highest BCUT2D eigenvalue weighted by atomic mass is 15.2. The molecule has 0 saturated carbocycles. The Balaban J connectivity index is 1.77. The lowest BCUT2D eigenvalue weighted by Crippen LogP contribution is -2.43. The van der Waals surface area contributed by atoms with Crippen LogP contribution in [-0.2, 0) is 5.41 Å². The zero-order valence-electron chi connectivity index (χ0n) is 15.1. The lowest BCUT2D eigenvalue weighted by molar-refractivity contribution is 0.590. The Morgan fingerprint density at radius 3 is 2.64 bits per heavy atom. The number of fused-ring (bicyclic) bond motifs is 1. The van der Waals surface area contributed by atoms with Gasteiger partial charge in [0.25, 0.3) is 0 Å². The summed E-state index contributed by atoms with van der Waals surface area (Å²) in [6, 6.07) is 10.7. The zero-order chi connectivity index (χ0) is 17.4. The molecule has 2 N–H and O–H groups in total. The summed E-state index contributed by atoms with van der Waals surface area (Å²) in [6.07, 6.45) is 1.86. The first-order valence-electron chi connectivity index (χ1n) is 8.94. The van der Waals surface area contributed by atoms with Crippen LogP contribution in [0, 0.1) is 0 Å². The van der Waals surface area contributed by atoms with E-state index < -0.39 is 0 Å². The van der Waals surface area contributed by atoms with Crippen molar-refractivity contribution in [3.8, 4) is 11.4 Å². The van der Waals surface area contributed by atoms with Crippen molar-refractivity contribution in [1.82, 2.24) is 20.3 Å². The number of imidazole rings is 1.